The molecule has 0 heterocycles. The second-order valence-corrected chi connectivity index (χ2v) is 4.57. The summed E-state index contributed by atoms with van der Waals surface area (Å²) in [6.07, 6.45) is -4.84. The zero-order valence-electron chi connectivity index (χ0n) is 11.0. The molecule has 2 unspecified atom stereocenters. The smallest absolute Gasteiger partial charge is 0.403 e. The van der Waals surface area contributed by atoms with Crippen LogP contribution in [0.5, 0.6) is 0 Å². The summed E-state index contributed by atoms with van der Waals surface area (Å²) in [5, 5.41) is 8.64. The maximum atomic E-state index is 13.6. The quantitative estimate of drug-likeness (QED) is 0.848. The van der Waals surface area contributed by atoms with E-state index in [1.165, 1.54) is 37.1 Å². The summed E-state index contributed by atoms with van der Waals surface area (Å²) >= 11 is 0. The highest BCUT2D eigenvalue weighted by Gasteiger charge is 2.46. The first-order chi connectivity index (χ1) is 9.14. The van der Waals surface area contributed by atoms with Crippen molar-refractivity contribution < 1.29 is 27.5 Å². The molecule has 0 amide bonds. The summed E-state index contributed by atoms with van der Waals surface area (Å²) in [6.45, 7) is 0.780. The van der Waals surface area contributed by atoms with Gasteiger partial charge in [-0.1, -0.05) is 18.2 Å². The molecule has 112 valence electrons. The van der Waals surface area contributed by atoms with Crippen molar-refractivity contribution in [2.45, 2.75) is 19.1 Å². The lowest BCUT2D eigenvalue weighted by atomic mass is 10.0. The van der Waals surface area contributed by atoms with Gasteiger partial charge >= 0.3 is 12.1 Å². The molecule has 3 nitrogen and oxygen atoms in total. The van der Waals surface area contributed by atoms with E-state index < -0.39 is 36.5 Å². The van der Waals surface area contributed by atoms with Gasteiger partial charge in [0.1, 0.15) is 5.82 Å². The summed E-state index contributed by atoms with van der Waals surface area (Å²) in [7, 11) is 1.33. The highest BCUT2D eigenvalue weighted by molar-refractivity contribution is 5.71. The van der Waals surface area contributed by atoms with Gasteiger partial charge in [0.05, 0.1) is 0 Å². The molecule has 1 rings (SSSR count). The Balaban J connectivity index is 2.87. The molecule has 0 aliphatic carbocycles. The van der Waals surface area contributed by atoms with Gasteiger partial charge in [-0.3, -0.25) is 9.69 Å². The van der Waals surface area contributed by atoms with Crippen LogP contribution in [0.3, 0.4) is 0 Å². The second-order valence-electron chi connectivity index (χ2n) is 4.57. The molecule has 2 atom stereocenters. The normalized spacial score (nSPS) is 15.2. The number of hydrogen-bond acceptors (Lipinski definition) is 2. The van der Waals surface area contributed by atoms with Crippen molar-refractivity contribution in [3.05, 3.63) is 35.6 Å². The molecular formula is C13H15F4NO2. The molecular weight excluding hydrogens is 278 g/mol. The first kappa shape index (κ1) is 16.4. The number of nitrogens with zero attached hydrogens (tertiary/aromatic N) is 1. The van der Waals surface area contributed by atoms with E-state index in [9.17, 15) is 22.4 Å². The van der Waals surface area contributed by atoms with Crippen LogP contribution in [0.4, 0.5) is 17.6 Å². The third-order valence-corrected chi connectivity index (χ3v) is 3.18. The van der Waals surface area contributed by atoms with Crippen molar-refractivity contribution in [1.82, 2.24) is 4.90 Å². The van der Waals surface area contributed by atoms with Crippen LogP contribution in [0.25, 0.3) is 0 Å². The molecule has 0 radical (unpaired) electrons. The minimum absolute atomic E-state index is 0.223. The Labute approximate surface area is 113 Å². The lowest BCUT2D eigenvalue weighted by Crippen LogP contribution is -2.40. The lowest BCUT2D eigenvalue weighted by molar-refractivity contribution is -0.196. The molecule has 0 aliphatic rings. The number of rotatable bonds is 5. The van der Waals surface area contributed by atoms with Gasteiger partial charge in [0, 0.05) is 18.2 Å². The van der Waals surface area contributed by atoms with Crippen molar-refractivity contribution in [1.29, 1.82) is 0 Å². The number of benzene rings is 1. The van der Waals surface area contributed by atoms with Crippen molar-refractivity contribution in [3.8, 4) is 0 Å². The molecule has 1 N–H and O–H groups in total. The van der Waals surface area contributed by atoms with E-state index in [0.29, 0.717) is 0 Å². The minimum Gasteiger partial charge on any atom is -0.481 e. The van der Waals surface area contributed by atoms with E-state index in [2.05, 4.69) is 0 Å². The second kappa shape index (κ2) is 6.21. The largest absolute Gasteiger partial charge is 0.481 e. The number of carboxylic acid groups (broad SMARTS) is 1. The Kier molecular flexibility index (Phi) is 5.10. The first-order valence-electron chi connectivity index (χ1n) is 5.88. The number of halogens is 4. The molecule has 0 bridgehead atoms. The van der Waals surface area contributed by atoms with Gasteiger partial charge in [-0.15, -0.1) is 0 Å². The monoisotopic (exact) mass is 293 g/mol. The van der Waals surface area contributed by atoms with Gasteiger partial charge < -0.3 is 5.11 Å². The Morgan fingerprint density at radius 1 is 1.35 bits per heavy atom. The summed E-state index contributed by atoms with van der Waals surface area (Å²) in [6, 6.07) is 5.04. The molecule has 20 heavy (non-hydrogen) atoms. The average Bonchev–Trinajstić information content (AvgIpc) is 2.33. The molecule has 1 aromatic rings. The molecule has 0 fully saturated rings. The average molecular weight is 293 g/mol. The Morgan fingerprint density at radius 3 is 2.35 bits per heavy atom. The van der Waals surface area contributed by atoms with Crippen LogP contribution >= 0.6 is 0 Å². The van der Waals surface area contributed by atoms with E-state index >= 15 is 0 Å². The van der Waals surface area contributed by atoms with Crippen LogP contribution in [0.15, 0.2) is 24.3 Å². The van der Waals surface area contributed by atoms with Crippen molar-refractivity contribution in [2.75, 3.05) is 13.6 Å². The predicted molar refractivity (Wildman–Crippen MR) is 64.6 cm³/mol. The highest BCUT2D eigenvalue weighted by atomic mass is 19.4. The van der Waals surface area contributed by atoms with E-state index in [0.717, 1.165) is 0 Å². The van der Waals surface area contributed by atoms with Gasteiger partial charge in [0.25, 0.3) is 0 Å². The van der Waals surface area contributed by atoms with E-state index in [-0.39, 0.29) is 5.56 Å². The van der Waals surface area contributed by atoms with Crippen molar-refractivity contribution >= 4 is 5.97 Å². The fraction of sp³-hybridized carbons (Fsp3) is 0.462. The predicted octanol–water partition coefficient (Wildman–Crippen LogP) is 3.08. The molecule has 0 aliphatic heterocycles. The summed E-state index contributed by atoms with van der Waals surface area (Å²) in [5.41, 5.74) is 0.223. The topological polar surface area (TPSA) is 40.5 Å². The summed E-state index contributed by atoms with van der Waals surface area (Å²) < 4.78 is 51.3. The van der Waals surface area contributed by atoms with Crippen molar-refractivity contribution in [2.24, 2.45) is 5.92 Å². The maximum Gasteiger partial charge on any atom is 0.403 e. The standard InChI is InChI=1S/C13H15F4NO2/c1-8(9-5-3-4-6-11(9)14)18(2)7-10(12(19)20)13(15,16)17/h3-6,8,10H,7H2,1-2H3,(H,19,20). The highest BCUT2D eigenvalue weighted by Crippen LogP contribution is 2.30. The Morgan fingerprint density at radius 2 is 1.90 bits per heavy atom. The maximum absolute atomic E-state index is 13.6. The molecule has 7 heteroatoms. The first-order valence-corrected chi connectivity index (χ1v) is 5.88. The molecule has 0 saturated heterocycles. The minimum atomic E-state index is -4.84. The van der Waals surface area contributed by atoms with Gasteiger partial charge in [-0.25, -0.2) is 4.39 Å². The van der Waals surface area contributed by atoms with E-state index in [1.807, 2.05) is 0 Å². The summed E-state index contributed by atoms with van der Waals surface area (Å²) in [4.78, 5) is 11.9. The van der Waals surface area contributed by atoms with Gasteiger partial charge in [-0.05, 0) is 20.0 Å². The SMILES string of the molecule is CC(c1ccccc1F)N(C)CC(C(=O)O)C(F)(F)F. The van der Waals surface area contributed by atoms with Gasteiger partial charge in [0.2, 0.25) is 0 Å². The van der Waals surface area contributed by atoms with Crippen molar-refractivity contribution in [3.63, 3.8) is 0 Å². The lowest BCUT2D eigenvalue weighted by Gasteiger charge is -2.28. The third-order valence-electron chi connectivity index (χ3n) is 3.18. The Bertz CT molecular complexity index is 476. The molecule has 1 aromatic carbocycles. The molecule has 0 aromatic heterocycles. The van der Waals surface area contributed by atoms with Gasteiger partial charge in [-0.2, -0.15) is 13.2 Å². The van der Waals surface area contributed by atoms with Crippen LogP contribution in [0.1, 0.15) is 18.5 Å². The van der Waals surface area contributed by atoms with Crippen LogP contribution in [-0.4, -0.2) is 35.7 Å². The fourth-order valence-corrected chi connectivity index (χ4v) is 1.82. The molecule has 0 saturated carbocycles. The van der Waals surface area contributed by atoms with Gasteiger partial charge in [0.15, 0.2) is 5.92 Å². The third kappa shape index (κ3) is 3.93. The number of carbonyl (C=O) groups is 1. The zero-order chi connectivity index (χ0) is 15.5. The van der Waals surface area contributed by atoms with Crippen LogP contribution < -0.4 is 0 Å². The van der Waals surface area contributed by atoms with Crippen LogP contribution in [0, 0.1) is 11.7 Å². The van der Waals surface area contributed by atoms with E-state index in [1.54, 1.807) is 6.07 Å². The number of hydrogen-bond donors (Lipinski definition) is 1. The molecule has 0 spiro atoms. The van der Waals surface area contributed by atoms with Crippen LogP contribution in [0.2, 0.25) is 0 Å². The van der Waals surface area contributed by atoms with E-state index in [4.69, 9.17) is 5.11 Å². The summed E-state index contributed by atoms with van der Waals surface area (Å²) in [5.74, 6) is -4.97. The number of alkyl halides is 3. The van der Waals surface area contributed by atoms with Crippen LogP contribution in [-0.2, 0) is 4.79 Å². The number of carboxylic acids is 1. The Hall–Kier alpha value is -1.63. The zero-order valence-corrected chi connectivity index (χ0v) is 11.0. The fourth-order valence-electron chi connectivity index (χ4n) is 1.82. The number of aliphatic carboxylic acids is 1.